The summed E-state index contributed by atoms with van der Waals surface area (Å²) >= 11 is 0. The normalized spacial score (nSPS) is 12.3. The van der Waals surface area contributed by atoms with E-state index in [-0.39, 0.29) is 24.6 Å². The lowest BCUT2D eigenvalue weighted by Crippen LogP contribution is -2.27. The molecule has 0 spiro atoms. The van der Waals surface area contributed by atoms with Crippen LogP contribution in [-0.4, -0.2) is 38.6 Å². The van der Waals surface area contributed by atoms with E-state index in [4.69, 9.17) is 4.74 Å². The van der Waals surface area contributed by atoms with Gasteiger partial charge < -0.3 is 4.74 Å². The molecule has 0 aliphatic carbocycles. The quantitative estimate of drug-likeness (QED) is 0.399. The summed E-state index contributed by atoms with van der Waals surface area (Å²) in [6.07, 6.45) is 5.91. The fourth-order valence-corrected chi connectivity index (χ4v) is 1.65. The highest BCUT2D eigenvalue weighted by atomic mass is 16.5. The molecule has 0 aromatic carbocycles. The maximum absolute atomic E-state index is 12.2. The van der Waals surface area contributed by atoms with Crippen molar-refractivity contribution in [1.82, 2.24) is 20.2 Å². The van der Waals surface area contributed by atoms with E-state index in [1.807, 2.05) is 6.08 Å². The summed E-state index contributed by atoms with van der Waals surface area (Å²) in [5.41, 5.74) is 0. The van der Waals surface area contributed by atoms with E-state index in [9.17, 15) is 9.59 Å². The average molecular weight is 278 g/mol. The van der Waals surface area contributed by atoms with Crippen molar-refractivity contribution >= 4 is 11.8 Å². The summed E-state index contributed by atoms with van der Waals surface area (Å²) < 4.78 is 6.23. The van der Waals surface area contributed by atoms with Crippen LogP contribution in [0.2, 0.25) is 0 Å². The number of carbonyl (C=O) groups is 2. The lowest BCUT2D eigenvalue weighted by atomic mass is 9.99. The minimum Gasteiger partial charge on any atom is -0.465 e. The first-order chi connectivity index (χ1) is 9.61. The molecule has 20 heavy (non-hydrogen) atoms. The monoisotopic (exact) mass is 278 g/mol. The highest BCUT2D eigenvalue weighted by Crippen LogP contribution is 2.18. The van der Waals surface area contributed by atoms with Crippen molar-refractivity contribution in [1.29, 1.82) is 0 Å². The molecule has 0 aliphatic heterocycles. The van der Waals surface area contributed by atoms with Crippen molar-refractivity contribution in [2.75, 3.05) is 6.61 Å². The number of hydrogen-bond donors (Lipinski definition) is 0. The van der Waals surface area contributed by atoms with Crippen molar-refractivity contribution in [3.05, 3.63) is 30.6 Å². The lowest BCUT2D eigenvalue weighted by molar-refractivity contribution is -0.148. The number of rotatable bonds is 8. The Labute approximate surface area is 117 Å². The number of nitrogens with zero attached hydrogens (tertiary/aromatic N) is 4. The zero-order chi connectivity index (χ0) is 15.0. The van der Waals surface area contributed by atoms with Crippen molar-refractivity contribution in [3.63, 3.8) is 0 Å². The first kappa shape index (κ1) is 15.7. The third-order valence-corrected chi connectivity index (χ3v) is 2.58. The van der Waals surface area contributed by atoms with E-state index in [1.54, 1.807) is 26.1 Å². The van der Waals surface area contributed by atoms with Crippen LogP contribution in [0.15, 0.2) is 24.8 Å². The summed E-state index contributed by atoms with van der Waals surface area (Å²) in [5.74, 6) is -1.77. The SMILES string of the molecule is C=CC=CCCC(=O)C(C(=O)OCC)c1nnnn1C. The van der Waals surface area contributed by atoms with Gasteiger partial charge in [-0.25, -0.2) is 4.68 Å². The predicted molar refractivity (Wildman–Crippen MR) is 71.8 cm³/mol. The molecule has 0 radical (unpaired) electrons. The number of aryl methyl sites for hydroxylation is 1. The standard InChI is InChI=1S/C13H18N4O3/c1-4-6-7-8-9-10(18)11(13(19)20-5-2)12-14-15-16-17(12)3/h4,6-7,11H,1,5,8-9H2,2-3H3. The second kappa shape index (κ2) is 7.98. The van der Waals surface area contributed by atoms with E-state index in [0.717, 1.165) is 0 Å². The molecule has 1 heterocycles. The van der Waals surface area contributed by atoms with E-state index in [2.05, 4.69) is 22.1 Å². The second-order valence-corrected chi connectivity index (χ2v) is 4.01. The number of tetrazole rings is 1. The predicted octanol–water partition coefficient (Wildman–Crippen LogP) is 0.948. The van der Waals surface area contributed by atoms with Gasteiger partial charge in [-0.05, 0) is 23.8 Å². The van der Waals surface area contributed by atoms with Gasteiger partial charge >= 0.3 is 5.97 Å². The number of carbonyl (C=O) groups excluding carboxylic acids is 2. The van der Waals surface area contributed by atoms with Crippen LogP contribution in [0.5, 0.6) is 0 Å². The minimum absolute atomic E-state index is 0.196. The first-order valence-electron chi connectivity index (χ1n) is 6.31. The molecule has 0 aliphatic rings. The molecule has 1 atom stereocenters. The summed E-state index contributed by atoms with van der Waals surface area (Å²) in [7, 11) is 1.58. The van der Waals surface area contributed by atoms with E-state index in [1.165, 1.54) is 4.68 Å². The van der Waals surface area contributed by atoms with Crippen molar-refractivity contribution < 1.29 is 14.3 Å². The summed E-state index contributed by atoms with van der Waals surface area (Å²) in [5, 5.41) is 10.8. The maximum atomic E-state index is 12.2. The minimum atomic E-state index is -1.08. The highest BCUT2D eigenvalue weighted by Gasteiger charge is 2.33. The summed E-state index contributed by atoms with van der Waals surface area (Å²) in [6, 6.07) is 0. The molecular weight excluding hydrogens is 260 g/mol. The maximum Gasteiger partial charge on any atom is 0.324 e. The Bertz CT molecular complexity index is 507. The molecule has 0 saturated carbocycles. The smallest absolute Gasteiger partial charge is 0.324 e. The fraction of sp³-hybridized carbons (Fsp3) is 0.462. The number of aromatic nitrogens is 4. The molecule has 0 N–H and O–H groups in total. The zero-order valence-corrected chi connectivity index (χ0v) is 11.7. The molecule has 0 amide bonds. The highest BCUT2D eigenvalue weighted by molar-refractivity contribution is 6.03. The van der Waals surface area contributed by atoms with Crippen molar-refractivity contribution in [2.24, 2.45) is 7.05 Å². The fourth-order valence-electron chi connectivity index (χ4n) is 1.65. The van der Waals surface area contributed by atoms with Crippen LogP contribution in [0.4, 0.5) is 0 Å². The van der Waals surface area contributed by atoms with Gasteiger partial charge in [0.2, 0.25) is 0 Å². The Balaban J connectivity index is 2.85. The molecule has 1 rings (SSSR count). The molecule has 1 aromatic rings. The van der Waals surface area contributed by atoms with Crippen LogP contribution in [-0.2, 0) is 21.4 Å². The molecule has 7 nitrogen and oxygen atoms in total. The number of ketones is 1. The topological polar surface area (TPSA) is 87.0 Å². The Morgan fingerprint density at radius 3 is 2.80 bits per heavy atom. The zero-order valence-electron chi connectivity index (χ0n) is 11.7. The Morgan fingerprint density at radius 2 is 2.25 bits per heavy atom. The van der Waals surface area contributed by atoms with Gasteiger partial charge in [0.05, 0.1) is 6.61 Å². The number of esters is 1. The van der Waals surface area contributed by atoms with Gasteiger partial charge in [0.15, 0.2) is 17.5 Å². The number of Topliss-reactive ketones (excluding diaryl/α,β-unsaturated/α-hetero) is 1. The number of ether oxygens (including phenoxy) is 1. The first-order valence-corrected chi connectivity index (χ1v) is 6.31. The van der Waals surface area contributed by atoms with Crippen molar-refractivity contribution in [3.8, 4) is 0 Å². The molecule has 0 saturated heterocycles. The molecular formula is C13H18N4O3. The third-order valence-electron chi connectivity index (χ3n) is 2.58. The number of hydrogen-bond acceptors (Lipinski definition) is 6. The molecule has 0 bridgehead atoms. The van der Waals surface area contributed by atoms with Crippen LogP contribution in [0.1, 0.15) is 31.5 Å². The Hall–Kier alpha value is -2.31. The van der Waals surface area contributed by atoms with Crippen LogP contribution in [0, 0.1) is 0 Å². The van der Waals surface area contributed by atoms with Gasteiger partial charge in [0.25, 0.3) is 0 Å². The van der Waals surface area contributed by atoms with Crippen LogP contribution in [0.25, 0.3) is 0 Å². The third kappa shape index (κ3) is 4.11. The van der Waals surface area contributed by atoms with E-state index in [0.29, 0.717) is 6.42 Å². The number of allylic oxidation sites excluding steroid dienone is 3. The van der Waals surface area contributed by atoms with Crippen LogP contribution >= 0.6 is 0 Å². The van der Waals surface area contributed by atoms with E-state index < -0.39 is 11.9 Å². The molecule has 108 valence electrons. The molecule has 0 fully saturated rings. The van der Waals surface area contributed by atoms with Crippen LogP contribution < -0.4 is 0 Å². The molecule has 1 unspecified atom stereocenters. The van der Waals surface area contributed by atoms with E-state index >= 15 is 0 Å². The van der Waals surface area contributed by atoms with Gasteiger partial charge in [-0.15, -0.1) is 5.10 Å². The summed E-state index contributed by atoms with van der Waals surface area (Å²) in [4.78, 5) is 24.1. The molecule has 1 aromatic heterocycles. The Kier molecular flexibility index (Phi) is 6.28. The van der Waals surface area contributed by atoms with Gasteiger partial charge in [-0.2, -0.15) is 0 Å². The summed E-state index contributed by atoms with van der Waals surface area (Å²) in [6.45, 7) is 5.42. The largest absolute Gasteiger partial charge is 0.465 e. The van der Waals surface area contributed by atoms with Gasteiger partial charge in [-0.3, -0.25) is 9.59 Å². The lowest BCUT2D eigenvalue weighted by Gasteiger charge is -2.12. The van der Waals surface area contributed by atoms with Gasteiger partial charge in [0, 0.05) is 13.5 Å². The molecule has 7 heteroatoms. The van der Waals surface area contributed by atoms with Crippen molar-refractivity contribution in [2.45, 2.75) is 25.7 Å². The average Bonchev–Trinajstić information content (AvgIpc) is 2.82. The van der Waals surface area contributed by atoms with Gasteiger partial charge in [0.1, 0.15) is 0 Å². The van der Waals surface area contributed by atoms with Crippen LogP contribution in [0.3, 0.4) is 0 Å². The van der Waals surface area contributed by atoms with Gasteiger partial charge in [-0.1, -0.05) is 24.8 Å². The second-order valence-electron chi connectivity index (χ2n) is 4.01. The Morgan fingerprint density at radius 1 is 1.50 bits per heavy atom.